The van der Waals surface area contributed by atoms with Gasteiger partial charge in [-0.25, -0.2) is 4.68 Å². The molecule has 1 aliphatic heterocycles. The van der Waals surface area contributed by atoms with Crippen LogP contribution >= 0.6 is 0 Å². The monoisotopic (exact) mass is 473 g/mol. The Morgan fingerprint density at radius 2 is 1.86 bits per heavy atom. The third-order valence-corrected chi connectivity index (χ3v) is 6.71. The number of nitrogens with one attached hydrogen (secondary N) is 1. The molecular formula is C26H31N7O2. The highest BCUT2D eigenvalue weighted by Crippen LogP contribution is 2.31. The normalized spacial score (nSPS) is 15.7. The molecule has 2 amide bonds. The number of para-hydroxylation sites is 1. The quantitative estimate of drug-likeness (QED) is 0.568. The van der Waals surface area contributed by atoms with Crippen molar-refractivity contribution in [1.82, 2.24) is 29.8 Å². The lowest BCUT2D eigenvalue weighted by atomic mass is 9.99. The van der Waals surface area contributed by atoms with Gasteiger partial charge in [0.15, 0.2) is 0 Å². The van der Waals surface area contributed by atoms with Gasteiger partial charge in [-0.05, 0) is 51.8 Å². The molecule has 0 saturated carbocycles. The lowest BCUT2D eigenvalue weighted by Crippen LogP contribution is -2.52. The van der Waals surface area contributed by atoms with Gasteiger partial charge < -0.3 is 10.2 Å². The van der Waals surface area contributed by atoms with Crippen LogP contribution in [0, 0.1) is 39.0 Å². The van der Waals surface area contributed by atoms with Gasteiger partial charge >= 0.3 is 0 Å². The molecule has 1 atom stereocenters. The van der Waals surface area contributed by atoms with Crippen molar-refractivity contribution in [2.24, 2.45) is 0 Å². The van der Waals surface area contributed by atoms with E-state index in [-0.39, 0.29) is 18.2 Å². The number of nitriles is 1. The summed E-state index contributed by atoms with van der Waals surface area (Å²) in [5, 5.41) is 21.0. The Balaban J connectivity index is 1.58. The molecule has 1 N–H and O–H groups in total. The zero-order valence-electron chi connectivity index (χ0n) is 20.7. The number of carbonyl (C=O) groups excluding carboxylic acids is 2. The van der Waals surface area contributed by atoms with Gasteiger partial charge in [-0.1, -0.05) is 18.2 Å². The highest BCUT2D eigenvalue weighted by atomic mass is 16.2. The van der Waals surface area contributed by atoms with Crippen LogP contribution in [0.25, 0.3) is 5.69 Å². The second-order valence-electron chi connectivity index (χ2n) is 8.89. The van der Waals surface area contributed by atoms with Crippen LogP contribution in [-0.2, 0) is 22.6 Å². The van der Waals surface area contributed by atoms with Gasteiger partial charge in [0, 0.05) is 36.5 Å². The Hall–Kier alpha value is -3.93. The summed E-state index contributed by atoms with van der Waals surface area (Å²) in [7, 11) is 0. The fourth-order valence-corrected chi connectivity index (χ4v) is 4.94. The van der Waals surface area contributed by atoms with E-state index in [4.69, 9.17) is 10.4 Å². The number of nitrogens with zero attached hydrogens (tertiary/aromatic N) is 6. The van der Waals surface area contributed by atoms with Crippen LogP contribution in [0.3, 0.4) is 0 Å². The lowest BCUT2D eigenvalue weighted by Gasteiger charge is -2.35. The summed E-state index contributed by atoms with van der Waals surface area (Å²) in [5.41, 5.74) is 6.14. The summed E-state index contributed by atoms with van der Waals surface area (Å²) in [5.74, 6) is -0.250. The van der Waals surface area contributed by atoms with Crippen molar-refractivity contribution >= 4 is 11.8 Å². The minimum atomic E-state index is -0.714. The maximum atomic E-state index is 13.4. The predicted molar refractivity (Wildman–Crippen MR) is 131 cm³/mol. The Bertz CT molecular complexity index is 1280. The van der Waals surface area contributed by atoms with Crippen LogP contribution < -0.4 is 5.32 Å². The number of benzene rings is 1. The Morgan fingerprint density at radius 1 is 1.11 bits per heavy atom. The van der Waals surface area contributed by atoms with E-state index in [1.807, 2.05) is 67.4 Å². The second-order valence-corrected chi connectivity index (χ2v) is 8.89. The van der Waals surface area contributed by atoms with Crippen LogP contribution in [0.2, 0.25) is 0 Å². The smallest absolute Gasteiger partial charge is 0.247 e. The molecule has 4 rings (SSSR count). The highest BCUT2D eigenvalue weighted by Gasteiger charge is 2.37. The molecule has 1 aromatic carbocycles. The number of rotatable bonds is 7. The third kappa shape index (κ3) is 4.69. The summed E-state index contributed by atoms with van der Waals surface area (Å²) >= 11 is 0. The Morgan fingerprint density at radius 3 is 2.57 bits per heavy atom. The van der Waals surface area contributed by atoms with Crippen molar-refractivity contribution in [3.05, 3.63) is 64.2 Å². The molecule has 182 valence electrons. The number of hydrogen-bond donors (Lipinski definition) is 1. The fraction of sp³-hybridized carbons (Fsp3) is 0.423. The maximum absolute atomic E-state index is 13.4. The molecule has 1 fully saturated rings. The summed E-state index contributed by atoms with van der Waals surface area (Å²) < 4.78 is 3.66. The minimum Gasteiger partial charge on any atom is -0.352 e. The van der Waals surface area contributed by atoms with E-state index in [1.54, 1.807) is 4.90 Å². The van der Waals surface area contributed by atoms with Crippen molar-refractivity contribution < 1.29 is 9.59 Å². The van der Waals surface area contributed by atoms with Gasteiger partial charge in [0.1, 0.15) is 6.04 Å². The molecule has 1 aliphatic rings. The van der Waals surface area contributed by atoms with Crippen LogP contribution in [0.5, 0.6) is 0 Å². The first kappa shape index (κ1) is 24.2. The molecule has 35 heavy (non-hydrogen) atoms. The maximum Gasteiger partial charge on any atom is 0.247 e. The molecule has 1 saturated heterocycles. The molecule has 9 nitrogen and oxygen atoms in total. The van der Waals surface area contributed by atoms with E-state index in [0.29, 0.717) is 32.5 Å². The van der Waals surface area contributed by atoms with Crippen molar-refractivity contribution in [3.8, 4) is 11.8 Å². The number of hydrogen-bond acceptors (Lipinski definition) is 5. The van der Waals surface area contributed by atoms with Gasteiger partial charge in [0.25, 0.3) is 0 Å². The summed E-state index contributed by atoms with van der Waals surface area (Å²) in [6.45, 7) is 9.13. The summed E-state index contributed by atoms with van der Waals surface area (Å²) in [6, 6.07) is 11.2. The summed E-state index contributed by atoms with van der Waals surface area (Å²) in [6.07, 6.45) is 1.20. The molecule has 3 heterocycles. The van der Waals surface area contributed by atoms with Crippen LogP contribution in [0.15, 0.2) is 30.3 Å². The van der Waals surface area contributed by atoms with Gasteiger partial charge in [-0.15, -0.1) is 0 Å². The van der Waals surface area contributed by atoms with E-state index in [1.165, 1.54) is 0 Å². The van der Waals surface area contributed by atoms with E-state index < -0.39 is 6.04 Å². The second kappa shape index (κ2) is 10.1. The minimum absolute atomic E-state index is 0.0697. The topological polar surface area (TPSA) is 109 Å². The van der Waals surface area contributed by atoms with Crippen molar-refractivity contribution in [1.29, 1.82) is 5.26 Å². The predicted octanol–water partition coefficient (Wildman–Crippen LogP) is 2.85. The zero-order chi connectivity index (χ0) is 25.1. The van der Waals surface area contributed by atoms with Crippen LogP contribution in [0.1, 0.15) is 52.8 Å². The number of carbonyl (C=O) groups is 2. The fourth-order valence-electron chi connectivity index (χ4n) is 4.94. The average Bonchev–Trinajstić information content (AvgIpc) is 3.30. The van der Waals surface area contributed by atoms with Gasteiger partial charge in [0.05, 0.1) is 36.1 Å². The SMILES string of the molecule is Cc1nn(CCC#N)c(C)c1CCC(=O)N1CCNC(=O)C1c1c(C)nn(-c2ccccc2)c1C. The molecule has 0 radical (unpaired) electrons. The van der Waals surface area contributed by atoms with Gasteiger partial charge in [-0.2, -0.15) is 15.5 Å². The van der Waals surface area contributed by atoms with E-state index in [2.05, 4.69) is 16.5 Å². The molecular weight excluding hydrogens is 442 g/mol. The molecule has 1 unspecified atom stereocenters. The highest BCUT2D eigenvalue weighted by molar-refractivity contribution is 5.90. The number of amides is 2. The number of aromatic nitrogens is 4. The summed E-state index contributed by atoms with van der Waals surface area (Å²) in [4.78, 5) is 28.2. The van der Waals surface area contributed by atoms with Gasteiger partial charge in [-0.3, -0.25) is 14.3 Å². The van der Waals surface area contributed by atoms with Crippen molar-refractivity contribution in [3.63, 3.8) is 0 Å². The Labute approximate surface area is 205 Å². The van der Waals surface area contributed by atoms with E-state index >= 15 is 0 Å². The molecule has 0 bridgehead atoms. The molecule has 9 heteroatoms. The Kier molecular flexibility index (Phi) is 7.01. The molecule has 3 aromatic rings. The standard InChI is InChI=1S/C26H31N7O2/c1-17-22(19(3)32(29-17)15-8-13-27)11-12-23(34)31-16-14-28-26(35)25(31)24-18(2)30-33(20(24)4)21-9-6-5-7-10-21/h5-7,9-10,25H,8,11-12,14-16H2,1-4H3,(H,28,35). The first-order valence-corrected chi connectivity index (χ1v) is 11.9. The largest absolute Gasteiger partial charge is 0.352 e. The average molecular weight is 474 g/mol. The molecule has 2 aromatic heterocycles. The van der Waals surface area contributed by atoms with E-state index in [9.17, 15) is 9.59 Å². The van der Waals surface area contributed by atoms with E-state index in [0.717, 1.165) is 39.6 Å². The lowest BCUT2D eigenvalue weighted by molar-refractivity contribution is -0.143. The first-order chi connectivity index (χ1) is 16.8. The zero-order valence-corrected chi connectivity index (χ0v) is 20.7. The molecule has 0 aliphatic carbocycles. The molecule has 0 spiro atoms. The van der Waals surface area contributed by atoms with Crippen molar-refractivity contribution in [2.45, 2.75) is 59.5 Å². The third-order valence-electron chi connectivity index (χ3n) is 6.71. The number of aryl methyl sites for hydroxylation is 3. The first-order valence-electron chi connectivity index (χ1n) is 11.9. The van der Waals surface area contributed by atoms with Crippen LogP contribution in [-0.4, -0.2) is 49.4 Å². The van der Waals surface area contributed by atoms with Crippen LogP contribution in [0.4, 0.5) is 0 Å². The van der Waals surface area contributed by atoms with Gasteiger partial charge in [0.2, 0.25) is 11.8 Å². The van der Waals surface area contributed by atoms with Crippen molar-refractivity contribution in [2.75, 3.05) is 13.1 Å². The number of piperazine rings is 1.